The molecule has 1 aliphatic rings. The summed E-state index contributed by atoms with van der Waals surface area (Å²) < 4.78 is 3.47. The number of fused-ring (bicyclic) bond motifs is 1. The van der Waals surface area contributed by atoms with Gasteiger partial charge >= 0.3 is 5.97 Å². The van der Waals surface area contributed by atoms with Crippen molar-refractivity contribution < 1.29 is 19.1 Å². The molecule has 2 atom stereocenters. The number of methoxy groups -OCH3 is 1. The molecule has 0 bridgehead atoms. The zero-order valence-corrected chi connectivity index (χ0v) is 16.8. The van der Waals surface area contributed by atoms with Crippen molar-refractivity contribution in [2.24, 2.45) is 0 Å². The lowest BCUT2D eigenvalue weighted by Crippen LogP contribution is -2.58. The summed E-state index contributed by atoms with van der Waals surface area (Å²) in [5.74, 6) is -1.41. The zero-order chi connectivity index (χ0) is 20.3. The number of amides is 2. The first-order valence-electron chi connectivity index (χ1n) is 8.85. The third-order valence-electron chi connectivity index (χ3n) is 4.76. The Hall–Kier alpha value is -2.80. The number of rotatable bonds is 5. The Kier molecular flexibility index (Phi) is 5.74. The summed E-state index contributed by atoms with van der Waals surface area (Å²) in [5.41, 5.74) is 1.64. The van der Waals surface area contributed by atoms with Crippen molar-refractivity contribution >= 4 is 35.2 Å². The van der Waals surface area contributed by atoms with Gasteiger partial charge < -0.3 is 15.0 Å². The molecule has 1 heterocycles. The normalized spacial score (nSPS) is 19.5. The van der Waals surface area contributed by atoms with Crippen molar-refractivity contribution in [1.82, 2.24) is 5.32 Å². The van der Waals surface area contributed by atoms with Crippen LogP contribution in [0.3, 0.4) is 0 Å². The number of nitrogens with one attached hydrogen (secondary N) is 1. The first-order chi connectivity index (χ1) is 13.4. The van der Waals surface area contributed by atoms with E-state index in [1.54, 1.807) is 14.0 Å². The first-order valence-corrected chi connectivity index (χ1v) is 9.67. The topological polar surface area (TPSA) is 75.7 Å². The maximum Gasteiger partial charge on any atom is 0.328 e. The van der Waals surface area contributed by atoms with Crippen LogP contribution in [0.5, 0.6) is 0 Å². The number of benzene rings is 2. The van der Waals surface area contributed by atoms with Gasteiger partial charge in [-0.25, -0.2) is 4.79 Å². The molecular formula is C21H22N2O4S. The second-order valence-corrected chi connectivity index (χ2v) is 8.17. The highest BCUT2D eigenvalue weighted by Gasteiger charge is 2.49. The van der Waals surface area contributed by atoms with Crippen molar-refractivity contribution in [3.8, 4) is 0 Å². The second kappa shape index (κ2) is 8.06. The molecular weight excluding hydrogens is 376 g/mol. The van der Waals surface area contributed by atoms with Crippen LogP contribution in [0.25, 0.3) is 0 Å². The summed E-state index contributed by atoms with van der Waals surface area (Å²) in [6.07, 6.45) is 0.278. The zero-order valence-electron chi connectivity index (χ0n) is 16.0. The minimum atomic E-state index is -1.38. The van der Waals surface area contributed by atoms with Crippen LogP contribution in [-0.2, 0) is 25.5 Å². The molecule has 7 heteroatoms. The number of esters is 1. The fraction of sp³-hybridized carbons (Fsp3) is 0.286. The lowest BCUT2D eigenvalue weighted by atomic mass is 10.0. The number of hydrogen-bond acceptors (Lipinski definition) is 5. The first kappa shape index (κ1) is 19.9. The molecule has 0 fully saturated rings. The molecule has 0 radical (unpaired) electrons. The molecule has 0 saturated carbocycles. The van der Waals surface area contributed by atoms with Crippen LogP contribution >= 0.6 is 11.8 Å². The van der Waals surface area contributed by atoms with E-state index in [1.807, 2.05) is 54.6 Å². The van der Waals surface area contributed by atoms with Crippen LogP contribution in [-0.4, -0.2) is 42.7 Å². The molecule has 2 amide bonds. The summed E-state index contributed by atoms with van der Waals surface area (Å²) in [4.78, 5) is 40.6. The molecule has 0 saturated heterocycles. The van der Waals surface area contributed by atoms with Crippen LogP contribution in [0.1, 0.15) is 12.5 Å². The summed E-state index contributed by atoms with van der Waals surface area (Å²) in [5, 5.41) is 2.73. The van der Waals surface area contributed by atoms with Gasteiger partial charge in [0.25, 0.3) is 5.91 Å². The Morgan fingerprint density at radius 1 is 1.14 bits per heavy atom. The van der Waals surface area contributed by atoms with E-state index >= 15 is 0 Å². The van der Waals surface area contributed by atoms with E-state index in [9.17, 15) is 14.4 Å². The number of ether oxygens (including phenoxy) is 1. The number of carbonyl (C=O) groups excluding carboxylic acids is 3. The molecule has 0 spiro atoms. The molecule has 2 aromatic carbocycles. The van der Waals surface area contributed by atoms with E-state index < -0.39 is 22.7 Å². The van der Waals surface area contributed by atoms with Gasteiger partial charge in [0.15, 0.2) is 4.75 Å². The summed E-state index contributed by atoms with van der Waals surface area (Å²) >= 11 is 1.19. The van der Waals surface area contributed by atoms with Gasteiger partial charge in [-0.05, 0) is 24.6 Å². The molecule has 3 rings (SSSR count). The predicted molar refractivity (Wildman–Crippen MR) is 108 cm³/mol. The second-order valence-electron chi connectivity index (χ2n) is 6.71. The highest BCUT2D eigenvalue weighted by atomic mass is 32.2. The van der Waals surface area contributed by atoms with Crippen LogP contribution in [0, 0.1) is 0 Å². The Labute approximate surface area is 168 Å². The third-order valence-corrected chi connectivity index (χ3v) is 6.09. The Morgan fingerprint density at radius 3 is 2.46 bits per heavy atom. The summed E-state index contributed by atoms with van der Waals surface area (Å²) in [7, 11) is 2.92. The fourth-order valence-electron chi connectivity index (χ4n) is 3.14. The number of nitrogens with zero attached hydrogens (tertiary/aromatic N) is 1. The van der Waals surface area contributed by atoms with Crippen molar-refractivity contribution in [3.63, 3.8) is 0 Å². The molecule has 0 aromatic heterocycles. The molecule has 146 valence electrons. The minimum Gasteiger partial charge on any atom is -0.467 e. The number of para-hydroxylation sites is 1. The number of thioether (sulfide) groups is 1. The van der Waals surface area contributed by atoms with Gasteiger partial charge in [0, 0.05) is 18.4 Å². The smallest absolute Gasteiger partial charge is 0.328 e. The molecule has 2 unspecified atom stereocenters. The van der Waals surface area contributed by atoms with Crippen molar-refractivity contribution in [1.29, 1.82) is 0 Å². The molecule has 2 aromatic rings. The number of hydrogen-bond donors (Lipinski definition) is 1. The lowest BCUT2D eigenvalue weighted by Gasteiger charge is -2.37. The quantitative estimate of drug-likeness (QED) is 0.618. The van der Waals surface area contributed by atoms with E-state index in [1.165, 1.54) is 23.8 Å². The SMILES string of the molecule is COC(=O)C(Cc1ccccc1)NC(=O)C1(C)Sc2ccccc2N(C)C1=O. The van der Waals surface area contributed by atoms with Crippen molar-refractivity contribution in [2.45, 2.75) is 29.0 Å². The Balaban J connectivity index is 1.84. The third kappa shape index (κ3) is 3.75. The van der Waals surface area contributed by atoms with Crippen LogP contribution in [0.2, 0.25) is 0 Å². The van der Waals surface area contributed by atoms with E-state index in [4.69, 9.17) is 4.74 Å². The van der Waals surface area contributed by atoms with E-state index in [-0.39, 0.29) is 12.3 Å². The predicted octanol–water partition coefficient (Wildman–Crippen LogP) is 2.41. The molecule has 1 aliphatic heterocycles. The van der Waals surface area contributed by atoms with Crippen LogP contribution in [0.15, 0.2) is 59.5 Å². The number of carbonyl (C=O) groups is 3. The van der Waals surface area contributed by atoms with Gasteiger partial charge in [-0.15, -0.1) is 0 Å². The van der Waals surface area contributed by atoms with Gasteiger partial charge in [-0.2, -0.15) is 0 Å². The molecule has 28 heavy (non-hydrogen) atoms. The summed E-state index contributed by atoms with van der Waals surface area (Å²) in [6, 6.07) is 15.9. The maximum atomic E-state index is 13.1. The number of anilines is 1. The van der Waals surface area contributed by atoms with E-state index in [0.29, 0.717) is 0 Å². The monoisotopic (exact) mass is 398 g/mol. The average molecular weight is 398 g/mol. The standard InChI is InChI=1S/C21H22N2O4S/c1-21(20(26)23(2)16-11-7-8-12-17(16)28-21)19(25)22-15(18(24)27-3)13-14-9-5-4-6-10-14/h4-12,15H,13H2,1-3H3,(H,22,25). The van der Waals surface area contributed by atoms with E-state index in [2.05, 4.69) is 5.32 Å². The van der Waals surface area contributed by atoms with Crippen molar-refractivity contribution in [2.75, 3.05) is 19.1 Å². The molecule has 1 N–H and O–H groups in total. The van der Waals surface area contributed by atoms with Gasteiger partial charge in [0.1, 0.15) is 6.04 Å². The molecule has 6 nitrogen and oxygen atoms in total. The van der Waals surface area contributed by atoms with Crippen LogP contribution in [0.4, 0.5) is 5.69 Å². The van der Waals surface area contributed by atoms with Crippen LogP contribution < -0.4 is 10.2 Å². The lowest BCUT2D eigenvalue weighted by molar-refractivity contribution is -0.146. The van der Waals surface area contributed by atoms with Gasteiger partial charge in [0.2, 0.25) is 5.91 Å². The minimum absolute atomic E-state index is 0.278. The fourth-order valence-corrected chi connectivity index (χ4v) is 4.41. The van der Waals surface area contributed by atoms with Gasteiger partial charge in [-0.1, -0.05) is 54.2 Å². The maximum absolute atomic E-state index is 13.1. The Bertz CT molecular complexity index is 902. The molecule has 0 aliphatic carbocycles. The Morgan fingerprint density at radius 2 is 1.79 bits per heavy atom. The summed E-state index contributed by atoms with van der Waals surface area (Å²) in [6.45, 7) is 1.58. The highest BCUT2D eigenvalue weighted by molar-refractivity contribution is 8.02. The largest absolute Gasteiger partial charge is 0.467 e. The average Bonchev–Trinajstić information content (AvgIpc) is 2.71. The highest BCUT2D eigenvalue weighted by Crippen LogP contribution is 2.44. The van der Waals surface area contributed by atoms with Gasteiger partial charge in [0.05, 0.1) is 12.8 Å². The van der Waals surface area contributed by atoms with E-state index in [0.717, 1.165) is 16.1 Å². The van der Waals surface area contributed by atoms with Gasteiger partial charge in [-0.3, -0.25) is 9.59 Å². The van der Waals surface area contributed by atoms with Crippen molar-refractivity contribution in [3.05, 3.63) is 60.2 Å².